The van der Waals surface area contributed by atoms with Gasteiger partial charge in [0.15, 0.2) is 0 Å². The highest BCUT2D eigenvalue weighted by Gasteiger charge is 1.99. The van der Waals surface area contributed by atoms with E-state index in [-0.39, 0.29) is 0 Å². The Morgan fingerprint density at radius 3 is 1.85 bits per heavy atom. The Balaban J connectivity index is 1.32. The predicted molar refractivity (Wildman–Crippen MR) is 139 cm³/mol. The number of methoxy groups -OCH3 is 1. The van der Waals surface area contributed by atoms with Gasteiger partial charge in [0, 0.05) is 6.21 Å². The van der Waals surface area contributed by atoms with Gasteiger partial charge in [-0.15, -0.1) is 0 Å². The summed E-state index contributed by atoms with van der Waals surface area (Å²) >= 11 is 0. The molecule has 0 aromatic heterocycles. The molecule has 4 aromatic rings. The highest BCUT2D eigenvalue weighted by atomic mass is 16.5. The number of aryl methyl sites for hydroxylation is 1. The Labute approximate surface area is 195 Å². The molecule has 0 saturated carbocycles. The average molecular weight is 434 g/mol. The molecule has 0 fully saturated rings. The van der Waals surface area contributed by atoms with Crippen molar-refractivity contribution in [2.45, 2.75) is 13.5 Å². The molecule has 33 heavy (non-hydrogen) atoms. The molecule has 4 heteroatoms. The Hall–Kier alpha value is -4.18. The fourth-order valence-corrected chi connectivity index (χ4v) is 3.32. The first-order valence-corrected chi connectivity index (χ1v) is 10.9. The number of rotatable bonds is 8. The summed E-state index contributed by atoms with van der Waals surface area (Å²) in [5, 5.41) is 4.32. The molecular formula is C29H27N3O. The first kappa shape index (κ1) is 22.0. The van der Waals surface area contributed by atoms with Crippen molar-refractivity contribution in [1.29, 1.82) is 0 Å². The predicted octanol–water partition coefficient (Wildman–Crippen LogP) is 6.74. The second-order valence-corrected chi connectivity index (χ2v) is 7.80. The third-order valence-corrected chi connectivity index (χ3v) is 5.29. The number of hydrazone groups is 1. The minimum atomic E-state index is 0.646. The molecule has 0 radical (unpaired) electrons. The van der Waals surface area contributed by atoms with Crippen LogP contribution in [0.3, 0.4) is 0 Å². The maximum atomic E-state index is 5.19. The first-order chi connectivity index (χ1) is 16.2. The van der Waals surface area contributed by atoms with Gasteiger partial charge >= 0.3 is 0 Å². The number of nitrogens with one attached hydrogen (secondary N) is 1. The third kappa shape index (κ3) is 6.40. The van der Waals surface area contributed by atoms with Crippen molar-refractivity contribution in [3.8, 4) is 16.9 Å². The Morgan fingerprint density at radius 2 is 1.27 bits per heavy atom. The molecule has 0 aliphatic rings. The molecular weight excluding hydrogens is 406 g/mol. The molecule has 0 atom stereocenters. The van der Waals surface area contributed by atoms with Crippen LogP contribution in [0.1, 0.15) is 22.3 Å². The van der Waals surface area contributed by atoms with E-state index in [1.165, 1.54) is 16.7 Å². The zero-order valence-corrected chi connectivity index (χ0v) is 18.9. The minimum Gasteiger partial charge on any atom is -0.497 e. The normalized spacial score (nSPS) is 11.2. The maximum absolute atomic E-state index is 5.19. The van der Waals surface area contributed by atoms with Crippen molar-refractivity contribution in [2.75, 3.05) is 12.5 Å². The molecule has 1 N–H and O–H groups in total. The average Bonchev–Trinajstić information content (AvgIpc) is 2.87. The van der Waals surface area contributed by atoms with Crippen LogP contribution >= 0.6 is 0 Å². The van der Waals surface area contributed by atoms with E-state index in [0.29, 0.717) is 6.54 Å². The second-order valence-electron chi connectivity index (χ2n) is 7.80. The van der Waals surface area contributed by atoms with Gasteiger partial charge in [-0.1, -0.05) is 78.4 Å². The number of anilines is 1. The number of benzene rings is 4. The molecule has 0 saturated heterocycles. The lowest BCUT2D eigenvalue weighted by molar-refractivity contribution is 0.414. The fourth-order valence-electron chi connectivity index (χ4n) is 3.32. The lowest BCUT2D eigenvalue weighted by atomic mass is 10.0. The number of nitrogens with zero attached hydrogens (tertiary/aromatic N) is 2. The summed E-state index contributed by atoms with van der Waals surface area (Å²) < 4.78 is 5.19. The minimum absolute atomic E-state index is 0.646. The number of ether oxygens (including phenoxy) is 1. The van der Waals surface area contributed by atoms with E-state index in [4.69, 9.17) is 4.74 Å². The number of aliphatic imine (C=N–C) groups is 1. The fraction of sp³-hybridized carbons (Fsp3) is 0.103. The van der Waals surface area contributed by atoms with Crippen molar-refractivity contribution >= 4 is 18.1 Å². The molecule has 0 aliphatic carbocycles. The summed E-state index contributed by atoms with van der Waals surface area (Å²) in [5.41, 5.74) is 10.9. The van der Waals surface area contributed by atoms with E-state index < -0.39 is 0 Å². The van der Waals surface area contributed by atoms with Crippen LogP contribution in [0, 0.1) is 6.92 Å². The largest absolute Gasteiger partial charge is 0.497 e. The van der Waals surface area contributed by atoms with E-state index in [2.05, 4.69) is 83.1 Å². The quantitative estimate of drug-likeness (QED) is 0.247. The summed E-state index contributed by atoms with van der Waals surface area (Å²) in [6.07, 6.45) is 3.74. The van der Waals surface area contributed by atoms with Gasteiger partial charge in [0.05, 0.1) is 25.6 Å². The van der Waals surface area contributed by atoms with E-state index in [1.54, 1.807) is 7.11 Å². The van der Waals surface area contributed by atoms with Gasteiger partial charge in [-0.2, -0.15) is 5.10 Å². The van der Waals surface area contributed by atoms with Crippen LogP contribution in [0.4, 0.5) is 5.69 Å². The van der Waals surface area contributed by atoms with Crippen LogP contribution in [-0.4, -0.2) is 19.5 Å². The molecule has 0 spiro atoms. The highest BCUT2D eigenvalue weighted by Crippen LogP contribution is 2.20. The summed E-state index contributed by atoms with van der Waals surface area (Å²) in [6, 6.07) is 32.9. The monoisotopic (exact) mass is 433 g/mol. The van der Waals surface area contributed by atoms with Crippen molar-refractivity contribution in [3.63, 3.8) is 0 Å². The van der Waals surface area contributed by atoms with Gasteiger partial charge in [0.25, 0.3) is 0 Å². The molecule has 0 unspecified atom stereocenters. The van der Waals surface area contributed by atoms with Crippen LogP contribution in [0.25, 0.3) is 11.1 Å². The van der Waals surface area contributed by atoms with Crippen molar-refractivity contribution in [2.24, 2.45) is 10.1 Å². The molecule has 0 heterocycles. The van der Waals surface area contributed by atoms with Gasteiger partial charge in [0.2, 0.25) is 0 Å². The molecule has 164 valence electrons. The van der Waals surface area contributed by atoms with Crippen molar-refractivity contribution in [1.82, 2.24) is 0 Å². The smallest absolute Gasteiger partial charge is 0.118 e. The second kappa shape index (κ2) is 10.9. The lowest BCUT2D eigenvalue weighted by Crippen LogP contribution is -1.90. The number of hydrogen-bond acceptors (Lipinski definition) is 4. The van der Waals surface area contributed by atoms with Crippen molar-refractivity contribution < 1.29 is 4.74 Å². The van der Waals surface area contributed by atoms with E-state index in [9.17, 15) is 0 Å². The number of hydrogen-bond donors (Lipinski definition) is 1. The lowest BCUT2D eigenvalue weighted by Gasteiger charge is -2.04. The molecule has 0 bridgehead atoms. The van der Waals surface area contributed by atoms with Crippen LogP contribution in [0.15, 0.2) is 107 Å². The summed E-state index contributed by atoms with van der Waals surface area (Å²) in [7, 11) is 1.67. The zero-order valence-electron chi connectivity index (χ0n) is 18.9. The molecule has 4 rings (SSSR count). The van der Waals surface area contributed by atoms with E-state index in [1.807, 2.05) is 48.8 Å². The highest BCUT2D eigenvalue weighted by molar-refractivity contribution is 5.83. The van der Waals surface area contributed by atoms with Crippen LogP contribution in [0.2, 0.25) is 0 Å². The standard InChI is InChI=1S/C29H27N3O/c1-22-3-15-28(16-4-22)32-31-21-25-7-13-27(14-8-25)26-11-5-23(6-12-26)19-30-20-24-9-17-29(33-2)18-10-24/h3-19,21,32H,20H2,1-2H3/b30-19?,31-21+. The molecule has 0 amide bonds. The Bertz CT molecular complexity index is 1210. The van der Waals surface area contributed by atoms with Gasteiger partial charge in [-0.25, -0.2) is 0 Å². The first-order valence-electron chi connectivity index (χ1n) is 10.9. The molecule has 0 aliphatic heterocycles. The Kier molecular flexibility index (Phi) is 7.29. The SMILES string of the molecule is COc1ccc(CN=Cc2ccc(-c3ccc(/C=N/Nc4ccc(C)cc4)cc3)cc2)cc1. The zero-order chi connectivity index (χ0) is 22.9. The topological polar surface area (TPSA) is 46.0 Å². The van der Waals surface area contributed by atoms with E-state index >= 15 is 0 Å². The van der Waals surface area contributed by atoms with Gasteiger partial charge < -0.3 is 4.74 Å². The summed E-state index contributed by atoms with van der Waals surface area (Å²) in [6.45, 7) is 2.72. The van der Waals surface area contributed by atoms with Gasteiger partial charge in [-0.3, -0.25) is 10.4 Å². The Morgan fingerprint density at radius 1 is 0.697 bits per heavy atom. The van der Waals surface area contributed by atoms with Crippen LogP contribution in [-0.2, 0) is 6.54 Å². The third-order valence-electron chi connectivity index (χ3n) is 5.29. The van der Waals surface area contributed by atoms with Gasteiger partial charge in [-0.05, 0) is 59.0 Å². The molecule has 4 nitrogen and oxygen atoms in total. The summed E-state index contributed by atoms with van der Waals surface area (Å²) in [4.78, 5) is 4.55. The van der Waals surface area contributed by atoms with Crippen LogP contribution < -0.4 is 10.2 Å². The summed E-state index contributed by atoms with van der Waals surface area (Å²) in [5.74, 6) is 0.859. The van der Waals surface area contributed by atoms with Crippen LogP contribution in [0.5, 0.6) is 5.75 Å². The maximum Gasteiger partial charge on any atom is 0.118 e. The van der Waals surface area contributed by atoms with Gasteiger partial charge in [0.1, 0.15) is 5.75 Å². The van der Waals surface area contributed by atoms with E-state index in [0.717, 1.165) is 28.1 Å². The molecule has 4 aromatic carbocycles. The van der Waals surface area contributed by atoms with Crippen molar-refractivity contribution in [3.05, 3.63) is 119 Å².